The molecule has 2 aromatic rings. The van der Waals surface area contributed by atoms with Crippen LogP contribution in [0.5, 0.6) is 0 Å². The van der Waals surface area contributed by atoms with Crippen LogP contribution in [0.2, 0.25) is 4.34 Å². The van der Waals surface area contributed by atoms with Crippen LogP contribution >= 0.6 is 46.9 Å². The van der Waals surface area contributed by atoms with Crippen molar-refractivity contribution in [2.75, 3.05) is 26.9 Å². The average Bonchev–Trinajstić information content (AvgIpc) is 2.96. The fourth-order valence-corrected chi connectivity index (χ4v) is 4.12. The van der Waals surface area contributed by atoms with Gasteiger partial charge in [-0.15, -0.1) is 35.3 Å². The Morgan fingerprint density at radius 2 is 1.88 bits per heavy atom. The Bertz CT molecular complexity index is 836. The lowest BCUT2D eigenvalue weighted by molar-refractivity contribution is 0.482. The molecule has 1 aromatic heterocycles. The van der Waals surface area contributed by atoms with Crippen molar-refractivity contribution in [3.8, 4) is 0 Å². The van der Waals surface area contributed by atoms with Crippen molar-refractivity contribution in [2.24, 2.45) is 4.99 Å². The van der Waals surface area contributed by atoms with Crippen molar-refractivity contribution < 1.29 is 8.42 Å². The number of thiophene rings is 1. The summed E-state index contributed by atoms with van der Waals surface area (Å²) < 4.78 is 23.7. The van der Waals surface area contributed by atoms with Gasteiger partial charge >= 0.3 is 0 Å². The van der Waals surface area contributed by atoms with Crippen molar-refractivity contribution in [1.82, 2.24) is 10.2 Å². The first kappa shape index (κ1) is 23.2. The van der Waals surface area contributed by atoms with E-state index in [9.17, 15) is 8.42 Å². The molecule has 0 spiro atoms. The van der Waals surface area contributed by atoms with Crippen molar-refractivity contribution in [1.29, 1.82) is 0 Å². The van der Waals surface area contributed by atoms with Crippen LogP contribution in [0.15, 0.2) is 46.3 Å². The lowest BCUT2D eigenvalue weighted by Gasteiger charge is -2.21. The summed E-state index contributed by atoms with van der Waals surface area (Å²) in [6.07, 6.45) is 1.99. The summed E-state index contributed by atoms with van der Waals surface area (Å²) in [6.45, 7) is 1.44. The van der Waals surface area contributed by atoms with Crippen LogP contribution in [-0.2, 0) is 22.8 Å². The van der Waals surface area contributed by atoms with Crippen LogP contribution in [-0.4, -0.2) is 46.2 Å². The number of benzene rings is 1. The minimum Gasteiger partial charge on any atom is -0.356 e. The summed E-state index contributed by atoms with van der Waals surface area (Å²) >= 11 is 7.52. The number of aliphatic imine (C=N–C) groups is 1. The number of sulfone groups is 1. The number of nitrogens with zero attached hydrogens (tertiary/aromatic N) is 2. The smallest absolute Gasteiger partial charge is 0.193 e. The van der Waals surface area contributed by atoms with Gasteiger partial charge in [-0.1, -0.05) is 23.7 Å². The second-order valence-electron chi connectivity index (χ2n) is 5.70. The number of hydrogen-bond donors (Lipinski definition) is 1. The van der Waals surface area contributed by atoms with E-state index in [2.05, 4.69) is 10.3 Å². The number of hydrogen-bond acceptors (Lipinski definition) is 4. The number of rotatable bonds is 6. The molecule has 0 unspecified atom stereocenters. The molecule has 0 radical (unpaired) electrons. The van der Waals surface area contributed by atoms with Gasteiger partial charge in [0.2, 0.25) is 0 Å². The van der Waals surface area contributed by atoms with Crippen LogP contribution in [0.1, 0.15) is 10.4 Å². The van der Waals surface area contributed by atoms with Crippen molar-refractivity contribution in [2.45, 2.75) is 17.9 Å². The summed E-state index contributed by atoms with van der Waals surface area (Å²) in [7, 11) is 0.581. The summed E-state index contributed by atoms with van der Waals surface area (Å²) in [4.78, 5) is 7.84. The van der Waals surface area contributed by atoms with E-state index in [-0.39, 0.29) is 24.0 Å². The van der Waals surface area contributed by atoms with E-state index in [1.165, 1.54) is 11.1 Å². The predicted molar refractivity (Wildman–Crippen MR) is 121 cm³/mol. The van der Waals surface area contributed by atoms with Crippen LogP contribution < -0.4 is 5.32 Å². The molecule has 144 valence electrons. The maximum absolute atomic E-state index is 11.5. The topological polar surface area (TPSA) is 61.8 Å². The first-order chi connectivity index (χ1) is 11.8. The minimum atomic E-state index is -3.15. The lowest BCUT2D eigenvalue weighted by Crippen LogP contribution is -2.39. The van der Waals surface area contributed by atoms with Gasteiger partial charge in [-0.2, -0.15) is 0 Å². The predicted octanol–water partition coefficient (Wildman–Crippen LogP) is 3.67. The van der Waals surface area contributed by atoms with Gasteiger partial charge in [-0.25, -0.2) is 8.42 Å². The van der Waals surface area contributed by atoms with Gasteiger partial charge in [0.25, 0.3) is 0 Å². The van der Waals surface area contributed by atoms with Crippen LogP contribution in [0.25, 0.3) is 0 Å². The molecule has 0 saturated carbocycles. The average molecular weight is 528 g/mol. The Labute approximate surface area is 181 Å². The first-order valence-corrected chi connectivity index (χ1v) is 10.8. The highest BCUT2D eigenvalue weighted by molar-refractivity contribution is 14.0. The van der Waals surface area contributed by atoms with Gasteiger partial charge in [0.15, 0.2) is 15.8 Å². The van der Waals surface area contributed by atoms with Crippen LogP contribution in [0, 0.1) is 0 Å². The molecule has 1 N–H and O–H groups in total. The fourth-order valence-electron chi connectivity index (χ4n) is 2.35. The first-order valence-electron chi connectivity index (χ1n) is 7.74. The normalized spacial score (nSPS) is 11.8. The molecule has 0 saturated heterocycles. The summed E-state index contributed by atoms with van der Waals surface area (Å²) in [5.41, 5.74) is 1.07. The molecule has 0 fully saturated rings. The van der Waals surface area contributed by atoms with Crippen LogP contribution in [0.4, 0.5) is 0 Å². The standard InChI is InChI=1S/C17H22ClN3O2S2.HI/c1-19-17(21(2)12-14-6-9-16(18)24-14)20-11-10-13-4-7-15(8-5-13)25(3,22)23;/h4-9H,10-12H2,1-3H3,(H,19,20);1H. The third-order valence-electron chi connectivity index (χ3n) is 3.64. The van der Waals surface area contributed by atoms with E-state index >= 15 is 0 Å². The largest absolute Gasteiger partial charge is 0.356 e. The fraction of sp³-hybridized carbons (Fsp3) is 0.353. The third kappa shape index (κ3) is 7.05. The Kier molecular flexibility index (Phi) is 9.35. The molecule has 9 heteroatoms. The van der Waals surface area contributed by atoms with E-state index in [0.29, 0.717) is 11.4 Å². The molecule has 1 aromatic carbocycles. The van der Waals surface area contributed by atoms with E-state index in [4.69, 9.17) is 11.6 Å². The maximum Gasteiger partial charge on any atom is 0.193 e. The summed E-state index contributed by atoms with van der Waals surface area (Å²) in [5, 5.41) is 3.32. The second kappa shape index (κ2) is 10.5. The van der Waals surface area contributed by atoms with Crippen LogP contribution in [0.3, 0.4) is 0 Å². The molecule has 2 rings (SSSR count). The molecule has 0 aliphatic rings. The van der Waals surface area contributed by atoms with Gasteiger partial charge in [-0.3, -0.25) is 4.99 Å². The quantitative estimate of drug-likeness (QED) is 0.354. The molecule has 0 amide bonds. The van der Waals surface area contributed by atoms with Gasteiger partial charge in [0, 0.05) is 31.8 Å². The van der Waals surface area contributed by atoms with Crippen molar-refractivity contribution in [3.05, 3.63) is 51.2 Å². The van der Waals surface area contributed by atoms with E-state index in [1.807, 2.05) is 36.2 Å². The molecule has 26 heavy (non-hydrogen) atoms. The Balaban J connectivity index is 0.00000338. The van der Waals surface area contributed by atoms with Crippen molar-refractivity contribution in [3.63, 3.8) is 0 Å². The van der Waals surface area contributed by atoms with Gasteiger partial charge in [-0.05, 0) is 36.2 Å². The van der Waals surface area contributed by atoms with Gasteiger partial charge in [0.1, 0.15) is 0 Å². The number of guanidine groups is 1. The highest BCUT2D eigenvalue weighted by Gasteiger charge is 2.09. The zero-order valence-electron chi connectivity index (χ0n) is 14.9. The Morgan fingerprint density at radius 1 is 1.23 bits per heavy atom. The summed E-state index contributed by atoms with van der Waals surface area (Å²) in [5.74, 6) is 0.803. The Hall–Kier alpha value is -0.840. The molecular weight excluding hydrogens is 505 g/mol. The van der Waals surface area contributed by atoms with E-state index in [1.54, 1.807) is 30.5 Å². The molecule has 5 nitrogen and oxygen atoms in total. The highest BCUT2D eigenvalue weighted by Crippen LogP contribution is 2.22. The third-order valence-corrected chi connectivity index (χ3v) is 5.99. The van der Waals surface area contributed by atoms with E-state index in [0.717, 1.165) is 28.8 Å². The lowest BCUT2D eigenvalue weighted by atomic mass is 10.1. The number of nitrogens with one attached hydrogen (secondary N) is 1. The molecule has 0 aliphatic carbocycles. The van der Waals surface area contributed by atoms with E-state index < -0.39 is 9.84 Å². The molecule has 1 heterocycles. The molecule has 0 aliphatic heterocycles. The Morgan fingerprint density at radius 3 is 2.38 bits per heavy atom. The molecule has 0 bridgehead atoms. The maximum atomic E-state index is 11.5. The zero-order chi connectivity index (χ0) is 18.4. The van der Waals surface area contributed by atoms with Gasteiger partial charge < -0.3 is 10.2 Å². The number of halogens is 2. The highest BCUT2D eigenvalue weighted by atomic mass is 127. The summed E-state index contributed by atoms with van der Waals surface area (Å²) in [6, 6.07) is 10.9. The van der Waals surface area contributed by atoms with Crippen molar-refractivity contribution >= 4 is 62.7 Å². The second-order valence-corrected chi connectivity index (χ2v) is 9.52. The van der Waals surface area contributed by atoms with Gasteiger partial charge in [0.05, 0.1) is 15.8 Å². The monoisotopic (exact) mass is 527 g/mol. The SMILES string of the molecule is CN=C(NCCc1ccc(S(C)(=O)=O)cc1)N(C)Cc1ccc(Cl)s1.I. The molecule has 0 atom stereocenters. The zero-order valence-corrected chi connectivity index (χ0v) is 19.6. The molecular formula is C17H23ClIN3O2S2. The minimum absolute atomic E-state index is 0.